The smallest absolute Gasteiger partial charge is 0.308 e. The molecule has 2 atom stereocenters. The largest absolute Gasteiger partial charge is 0.329 e. The van der Waals surface area contributed by atoms with Gasteiger partial charge in [0, 0.05) is 0 Å². The zero-order chi connectivity index (χ0) is 8.48. The van der Waals surface area contributed by atoms with Gasteiger partial charge in [0.15, 0.2) is 0 Å². The highest BCUT2D eigenvalue weighted by Gasteiger charge is 2.37. The van der Waals surface area contributed by atoms with Crippen molar-refractivity contribution in [3.63, 3.8) is 0 Å². The molecule has 1 aliphatic heterocycles. The van der Waals surface area contributed by atoms with E-state index < -0.39 is 6.72 Å². The molecule has 0 aromatic heterocycles. The van der Waals surface area contributed by atoms with Crippen molar-refractivity contribution in [2.45, 2.75) is 5.25 Å². The van der Waals surface area contributed by atoms with Crippen LogP contribution in [0.3, 0.4) is 0 Å². The second-order valence-electron chi connectivity index (χ2n) is 2.37. The summed E-state index contributed by atoms with van der Waals surface area (Å²) in [6.07, 6.45) is 5.16. The molecule has 0 bridgehead atoms. The fraction of sp³-hybridized carbons (Fsp3) is 0.667. The highest BCUT2D eigenvalue weighted by atomic mass is 32.7. The average Bonchev–Trinajstić information content (AvgIpc) is 2.33. The minimum atomic E-state index is -2.61. The van der Waals surface area contributed by atoms with Gasteiger partial charge in [-0.05, 0) is 25.5 Å². The van der Waals surface area contributed by atoms with Crippen molar-refractivity contribution >= 4 is 18.1 Å². The lowest BCUT2D eigenvalue weighted by atomic mass is 10.5. The molecule has 0 aliphatic carbocycles. The summed E-state index contributed by atoms with van der Waals surface area (Å²) in [5.41, 5.74) is 0. The standard InChI is InChI=1S/C6H10NO2PS/c1-4-6-5-9-10(8,11-6)7(2)3/h1,6H,5H2,2-3H3. The zero-order valence-corrected chi connectivity index (χ0v) is 8.19. The van der Waals surface area contributed by atoms with E-state index in [4.69, 9.17) is 10.9 Å². The Bertz CT molecular complexity index is 235. The summed E-state index contributed by atoms with van der Waals surface area (Å²) in [6.45, 7) is -2.21. The minimum absolute atomic E-state index is 0.0526. The summed E-state index contributed by atoms with van der Waals surface area (Å²) in [5.74, 6) is 2.51. The molecule has 1 rings (SSSR count). The van der Waals surface area contributed by atoms with Gasteiger partial charge in [-0.3, -0.25) is 4.57 Å². The first-order valence-corrected chi connectivity index (χ1v) is 6.21. The maximum atomic E-state index is 11.7. The summed E-state index contributed by atoms with van der Waals surface area (Å²) in [4.78, 5) is 0. The van der Waals surface area contributed by atoms with E-state index in [-0.39, 0.29) is 5.25 Å². The molecule has 1 aliphatic rings. The fourth-order valence-electron chi connectivity index (χ4n) is 0.672. The first-order valence-electron chi connectivity index (χ1n) is 3.15. The Kier molecular flexibility index (Phi) is 2.66. The van der Waals surface area contributed by atoms with Gasteiger partial charge in [-0.15, -0.1) is 6.42 Å². The van der Waals surface area contributed by atoms with Crippen LogP contribution in [0.1, 0.15) is 0 Å². The summed E-state index contributed by atoms with van der Waals surface area (Å²) in [6, 6.07) is 0. The van der Waals surface area contributed by atoms with Crippen molar-refractivity contribution in [1.29, 1.82) is 0 Å². The number of terminal acetylenes is 1. The zero-order valence-electron chi connectivity index (χ0n) is 6.48. The number of hydrogen-bond acceptors (Lipinski definition) is 3. The lowest BCUT2D eigenvalue weighted by Crippen LogP contribution is -2.04. The van der Waals surface area contributed by atoms with Crippen LogP contribution in [-0.4, -0.2) is 30.6 Å². The molecule has 3 nitrogen and oxygen atoms in total. The molecule has 0 N–H and O–H groups in total. The van der Waals surface area contributed by atoms with E-state index in [0.717, 1.165) is 0 Å². The molecule has 5 heteroatoms. The Balaban J connectivity index is 2.67. The number of rotatable bonds is 1. The van der Waals surface area contributed by atoms with Crippen LogP contribution in [0.15, 0.2) is 0 Å². The Hall–Kier alpha value is 0.0600. The van der Waals surface area contributed by atoms with Gasteiger partial charge in [0.1, 0.15) is 0 Å². The van der Waals surface area contributed by atoms with Crippen LogP contribution in [0, 0.1) is 12.3 Å². The Morgan fingerprint density at radius 2 is 2.45 bits per heavy atom. The van der Waals surface area contributed by atoms with Crippen molar-refractivity contribution in [2.75, 3.05) is 20.7 Å². The van der Waals surface area contributed by atoms with Gasteiger partial charge in [0.25, 0.3) is 0 Å². The minimum Gasteiger partial charge on any atom is -0.308 e. The Labute approximate surface area is 70.7 Å². The molecule has 0 radical (unpaired) electrons. The molecular formula is C6H10NO2PS. The third-order valence-corrected chi connectivity index (χ3v) is 6.43. The van der Waals surface area contributed by atoms with Gasteiger partial charge in [-0.1, -0.05) is 5.92 Å². The van der Waals surface area contributed by atoms with Crippen LogP contribution in [0.2, 0.25) is 0 Å². The second-order valence-corrected chi connectivity index (χ2v) is 7.16. The molecule has 0 saturated carbocycles. The maximum absolute atomic E-state index is 11.7. The predicted molar refractivity (Wildman–Crippen MR) is 47.5 cm³/mol. The predicted octanol–water partition coefficient (Wildman–Crippen LogP) is 1.42. The molecule has 1 heterocycles. The maximum Gasteiger partial charge on any atom is 0.329 e. The van der Waals surface area contributed by atoms with Crippen LogP contribution in [-0.2, 0) is 9.09 Å². The monoisotopic (exact) mass is 191 g/mol. The molecule has 1 saturated heterocycles. The molecule has 0 aromatic carbocycles. The van der Waals surface area contributed by atoms with E-state index in [1.165, 1.54) is 11.4 Å². The van der Waals surface area contributed by atoms with Crippen molar-refractivity contribution in [2.24, 2.45) is 0 Å². The molecule has 2 unspecified atom stereocenters. The van der Waals surface area contributed by atoms with Crippen molar-refractivity contribution in [3.8, 4) is 12.3 Å². The Morgan fingerprint density at radius 1 is 1.82 bits per heavy atom. The first kappa shape index (κ1) is 9.15. The topological polar surface area (TPSA) is 29.5 Å². The van der Waals surface area contributed by atoms with Gasteiger partial charge in [-0.25, -0.2) is 4.67 Å². The van der Waals surface area contributed by atoms with Crippen LogP contribution >= 0.6 is 18.1 Å². The SMILES string of the molecule is C#CC1COP(=O)(N(C)C)S1. The Morgan fingerprint density at radius 3 is 2.73 bits per heavy atom. The molecule has 0 aromatic rings. The van der Waals surface area contributed by atoms with Crippen molar-refractivity contribution in [1.82, 2.24) is 4.67 Å². The van der Waals surface area contributed by atoms with Gasteiger partial charge in [0.2, 0.25) is 0 Å². The van der Waals surface area contributed by atoms with Crippen LogP contribution in [0.25, 0.3) is 0 Å². The first-order chi connectivity index (χ1) is 5.08. The van der Waals surface area contributed by atoms with Crippen LogP contribution in [0.5, 0.6) is 0 Å². The lowest BCUT2D eigenvalue weighted by molar-refractivity contribution is 0.317. The van der Waals surface area contributed by atoms with E-state index in [1.54, 1.807) is 18.8 Å². The van der Waals surface area contributed by atoms with Crippen molar-refractivity contribution in [3.05, 3.63) is 0 Å². The van der Waals surface area contributed by atoms with Crippen molar-refractivity contribution < 1.29 is 9.09 Å². The van der Waals surface area contributed by atoms with E-state index >= 15 is 0 Å². The summed E-state index contributed by atoms with van der Waals surface area (Å²) < 4.78 is 18.4. The normalized spacial score (nSPS) is 37.5. The highest BCUT2D eigenvalue weighted by Crippen LogP contribution is 2.66. The van der Waals surface area contributed by atoms with Gasteiger partial charge in [-0.2, -0.15) is 0 Å². The average molecular weight is 191 g/mol. The summed E-state index contributed by atoms with van der Waals surface area (Å²) >= 11 is 1.24. The van der Waals surface area contributed by atoms with E-state index in [0.29, 0.717) is 6.61 Å². The molecule has 0 spiro atoms. The number of hydrogen-bond donors (Lipinski definition) is 0. The lowest BCUT2D eigenvalue weighted by Gasteiger charge is -2.16. The van der Waals surface area contributed by atoms with Crippen LogP contribution < -0.4 is 0 Å². The highest BCUT2D eigenvalue weighted by molar-refractivity contribution is 8.56. The molecule has 1 fully saturated rings. The molecule has 62 valence electrons. The second kappa shape index (κ2) is 3.20. The summed E-state index contributed by atoms with van der Waals surface area (Å²) in [7, 11) is 3.46. The van der Waals surface area contributed by atoms with E-state index in [9.17, 15) is 4.57 Å². The van der Waals surface area contributed by atoms with Gasteiger partial charge < -0.3 is 4.52 Å². The number of nitrogens with zero attached hydrogens (tertiary/aromatic N) is 1. The molecule has 0 amide bonds. The molecule has 11 heavy (non-hydrogen) atoms. The molecular weight excluding hydrogens is 181 g/mol. The summed E-state index contributed by atoms with van der Waals surface area (Å²) in [5, 5.41) is -0.0526. The van der Waals surface area contributed by atoms with Gasteiger partial charge in [0.05, 0.1) is 11.9 Å². The van der Waals surface area contributed by atoms with E-state index in [1.807, 2.05) is 0 Å². The third kappa shape index (κ3) is 1.80. The third-order valence-electron chi connectivity index (χ3n) is 1.33. The van der Waals surface area contributed by atoms with Gasteiger partial charge >= 0.3 is 6.72 Å². The quantitative estimate of drug-likeness (QED) is 0.463. The fourth-order valence-corrected chi connectivity index (χ4v) is 4.36. The van der Waals surface area contributed by atoms with E-state index in [2.05, 4.69) is 5.92 Å². The van der Waals surface area contributed by atoms with Crippen LogP contribution in [0.4, 0.5) is 0 Å².